The molecular formula is C61H101NO13. The Morgan fingerprint density at radius 1 is 0.493 bits per heavy atom. The van der Waals surface area contributed by atoms with Crippen LogP contribution in [0.15, 0.2) is 109 Å². The molecule has 0 aromatic carbocycles. The van der Waals surface area contributed by atoms with Crippen LogP contribution < -0.4 is 5.32 Å². The van der Waals surface area contributed by atoms with Gasteiger partial charge in [0.05, 0.1) is 32.0 Å². The first kappa shape index (κ1) is 67.8. The van der Waals surface area contributed by atoms with Gasteiger partial charge in [-0.25, -0.2) is 0 Å². The Morgan fingerprint density at radius 2 is 0.933 bits per heavy atom. The Labute approximate surface area is 451 Å². The molecule has 75 heavy (non-hydrogen) atoms. The zero-order valence-corrected chi connectivity index (χ0v) is 45.7. The van der Waals surface area contributed by atoms with Crippen molar-refractivity contribution in [1.29, 1.82) is 0 Å². The molecule has 0 spiro atoms. The summed E-state index contributed by atoms with van der Waals surface area (Å²) in [5.41, 5.74) is 0. The molecule has 0 aromatic rings. The van der Waals surface area contributed by atoms with E-state index in [1.165, 1.54) is 51.4 Å². The van der Waals surface area contributed by atoms with Gasteiger partial charge in [-0.05, 0) is 89.9 Å². The molecule has 1 amide bonds. The zero-order valence-electron chi connectivity index (χ0n) is 45.7. The van der Waals surface area contributed by atoms with Crippen molar-refractivity contribution in [2.24, 2.45) is 0 Å². The summed E-state index contributed by atoms with van der Waals surface area (Å²) in [6.45, 7) is 2.57. The van der Waals surface area contributed by atoms with Crippen LogP contribution in [0.2, 0.25) is 0 Å². The smallest absolute Gasteiger partial charge is 0.220 e. The fourth-order valence-corrected chi connectivity index (χ4v) is 8.55. The molecule has 2 aliphatic rings. The lowest BCUT2D eigenvalue weighted by atomic mass is 9.97. The number of hydrogen-bond acceptors (Lipinski definition) is 13. The number of aliphatic hydroxyl groups excluding tert-OH is 8. The highest BCUT2D eigenvalue weighted by Gasteiger charge is 2.51. The molecule has 2 rings (SSSR count). The topological polar surface area (TPSA) is 228 Å². The van der Waals surface area contributed by atoms with Crippen LogP contribution in [0.4, 0.5) is 0 Å². The van der Waals surface area contributed by atoms with E-state index in [9.17, 15) is 45.6 Å². The summed E-state index contributed by atoms with van der Waals surface area (Å²) in [6, 6.07) is -0.946. The zero-order chi connectivity index (χ0) is 54.6. The molecule has 9 N–H and O–H groups in total. The van der Waals surface area contributed by atoms with Gasteiger partial charge in [0.15, 0.2) is 12.6 Å². The second kappa shape index (κ2) is 45.6. The number of nitrogens with one attached hydrogen (secondary N) is 1. The summed E-state index contributed by atoms with van der Waals surface area (Å²) in [4.78, 5) is 13.2. The minimum Gasteiger partial charge on any atom is -0.394 e. The summed E-state index contributed by atoms with van der Waals surface area (Å²) in [7, 11) is 0. The molecular weight excluding hydrogens is 955 g/mol. The minimum absolute atomic E-state index is 0.257. The SMILES string of the molecule is CC/C=C\C/C=C\C/C=C\C/C=C\C/C=C\C/C=C\CCCCCCCCCCCCC(=O)NC(COC1OC(CO)C(OC2OC(CO)C(O)C(O)C2O)C(O)C1O)C(O)/C=C/CC/C=C/CC/C=C/CCCC. The molecule has 2 saturated heterocycles. The van der Waals surface area contributed by atoms with Gasteiger partial charge >= 0.3 is 0 Å². The van der Waals surface area contributed by atoms with E-state index in [2.05, 4.69) is 116 Å². The number of aliphatic hydroxyl groups is 8. The Balaban J connectivity index is 1.72. The van der Waals surface area contributed by atoms with Gasteiger partial charge in [-0.2, -0.15) is 0 Å². The molecule has 2 heterocycles. The fraction of sp³-hybridized carbons (Fsp3) is 0.689. The molecule has 0 bridgehead atoms. The van der Waals surface area contributed by atoms with Gasteiger partial charge in [0.25, 0.3) is 0 Å². The van der Waals surface area contributed by atoms with Crippen LogP contribution >= 0.6 is 0 Å². The standard InChI is InChI=1S/C61H101NO13/c1-3-5-7-9-11-13-15-17-18-19-20-21-22-23-24-25-26-27-28-29-30-31-32-33-35-37-39-41-43-45-53(66)62-49(50(65)44-42-40-38-36-34-16-14-12-10-8-6-4-2)48-72-60-58(71)56(69)59(52(47-64)74-60)75-61-57(70)55(68)54(67)51(46-63)73-61/h5,7,10-13,17-18,20-21,23-24,26-27,34,36,42,44,49-52,54-61,63-65,67-71H,3-4,6,8-9,14-16,19,22,25,28-33,35,37-41,43,45-48H2,1-2H3,(H,62,66)/b7-5-,12-10+,13-11-,18-17-,21-20-,24-23-,27-26-,36-34+,44-42+. The molecule has 428 valence electrons. The highest BCUT2D eigenvalue weighted by atomic mass is 16.7. The fourth-order valence-electron chi connectivity index (χ4n) is 8.55. The van der Waals surface area contributed by atoms with Gasteiger partial charge in [0.1, 0.15) is 48.8 Å². The summed E-state index contributed by atoms with van der Waals surface area (Å²) in [5, 5.41) is 86.8. The number of hydrogen-bond donors (Lipinski definition) is 9. The van der Waals surface area contributed by atoms with Crippen molar-refractivity contribution in [1.82, 2.24) is 5.32 Å². The maximum absolute atomic E-state index is 13.2. The number of amides is 1. The Bertz CT molecular complexity index is 1670. The van der Waals surface area contributed by atoms with Gasteiger partial charge in [0, 0.05) is 6.42 Å². The van der Waals surface area contributed by atoms with Crippen molar-refractivity contribution in [2.45, 2.75) is 248 Å². The molecule has 14 nitrogen and oxygen atoms in total. The van der Waals surface area contributed by atoms with Crippen LogP contribution in [-0.2, 0) is 23.7 Å². The van der Waals surface area contributed by atoms with Crippen LogP contribution in [0.5, 0.6) is 0 Å². The third-order valence-corrected chi connectivity index (χ3v) is 13.2. The molecule has 2 fully saturated rings. The van der Waals surface area contributed by atoms with E-state index in [1.807, 2.05) is 6.08 Å². The Morgan fingerprint density at radius 3 is 1.47 bits per heavy atom. The van der Waals surface area contributed by atoms with E-state index in [1.54, 1.807) is 6.08 Å². The lowest BCUT2D eigenvalue weighted by molar-refractivity contribution is -0.359. The normalized spacial score (nSPS) is 25.9. The maximum Gasteiger partial charge on any atom is 0.220 e. The van der Waals surface area contributed by atoms with Crippen LogP contribution in [0.1, 0.15) is 174 Å². The molecule has 0 aromatic heterocycles. The molecule has 12 unspecified atom stereocenters. The van der Waals surface area contributed by atoms with E-state index in [0.717, 1.165) is 89.9 Å². The highest BCUT2D eigenvalue weighted by molar-refractivity contribution is 5.76. The maximum atomic E-state index is 13.2. The first-order chi connectivity index (χ1) is 36.6. The summed E-state index contributed by atoms with van der Waals surface area (Å²) in [5.74, 6) is -0.266. The van der Waals surface area contributed by atoms with Gasteiger partial charge in [-0.15, -0.1) is 0 Å². The molecule has 12 atom stereocenters. The highest BCUT2D eigenvalue weighted by Crippen LogP contribution is 2.30. The molecule has 0 saturated carbocycles. The molecule has 2 aliphatic heterocycles. The number of rotatable bonds is 43. The predicted molar refractivity (Wildman–Crippen MR) is 299 cm³/mol. The minimum atomic E-state index is -1.80. The average molecular weight is 1060 g/mol. The third kappa shape index (κ3) is 31.6. The van der Waals surface area contributed by atoms with Crippen molar-refractivity contribution < 1.29 is 64.6 Å². The predicted octanol–water partition coefficient (Wildman–Crippen LogP) is 9.27. The van der Waals surface area contributed by atoms with E-state index in [4.69, 9.17) is 18.9 Å². The van der Waals surface area contributed by atoms with Gasteiger partial charge in [-0.3, -0.25) is 4.79 Å². The first-order valence-corrected chi connectivity index (χ1v) is 28.6. The lowest BCUT2D eigenvalue weighted by Crippen LogP contribution is -2.65. The van der Waals surface area contributed by atoms with Crippen molar-refractivity contribution in [3.05, 3.63) is 109 Å². The largest absolute Gasteiger partial charge is 0.394 e. The first-order valence-electron chi connectivity index (χ1n) is 28.6. The number of unbranched alkanes of at least 4 members (excludes halogenated alkanes) is 14. The summed E-state index contributed by atoms with van der Waals surface area (Å²) < 4.78 is 22.7. The van der Waals surface area contributed by atoms with E-state index in [0.29, 0.717) is 12.8 Å². The number of carbonyl (C=O) groups is 1. The monoisotopic (exact) mass is 1060 g/mol. The third-order valence-electron chi connectivity index (χ3n) is 13.2. The van der Waals surface area contributed by atoms with Crippen molar-refractivity contribution in [3.8, 4) is 0 Å². The van der Waals surface area contributed by atoms with Crippen molar-refractivity contribution in [2.75, 3.05) is 19.8 Å². The van der Waals surface area contributed by atoms with Crippen LogP contribution in [-0.4, -0.2) is 140 Å². The van der Waals surface area contributed by atoms with Gasteiger partial charge < -0.3 is 65.1 Å². The molecule has 0 radical (unpaired) electrons. The summed E-state index contributed by atoms with van der Waals surface area (Å²) >= 11 is 0. The van der Waals surface area contributed by atoms with E-state index in [-0.39, 0.29) is 18.9 Å². The van der Waals surface area contributed by atoms with Crippen LogP contribution in [0, 0.1) is 0 Å². The average Bonchev–Trinajstić information content (AvgIpc) is 3.41. The molecule has 14 heteroatoms. The van der Waals surface area contributed by atoms with Gasteiger partial charge in [0.2, 0.25) is 5.91 Å². The number of ether oxygens (including phenoxy) is 4. The van der Waals surface area contributed by atoms with Crippen LogP contribution in [0.25, 0.3) is 0 Å². The van der Waals surface area contributed by atoms with Gasteiger partial charge in [-0.1, -0.05) is 187 Å². The molecule has 0 aliphatic carbocycles. The van der Waals surface area contributed by atoms with E-state index < -0.39 is 86.8 Å². The Kier molecular flexibility index (Phi) is 41.2. The lowest BCUT2D eigenvalue weighted by Gasteiger charge is -2.46. The quantitative estimate of drug-likeness (QED) is 0.0205. The second-order valence-electron chi connectivity index (χ2n) is 19.7. The summed E-state index contributed by atoms with van der Waals surface area (Å²) in [6.07, 6.45) is 47.1. The van der Waals surface area contributed by atoms with E-state index >= 15 is 0 Å². The van der Waals surface area contributed by atoms with Crippen molar-refractivity contribution >= 4 is 5.91 Å². The number of allylic oxidation sites excluding steroid dienone is 17. The second-order valence-corrected chi connectivity index (χ2v) is 19.7. The van der Waals surface area contributed by atoms with Crippen molar-refractivity contribution in [3.63, 3.8) is 0 Å². The number of carbonyl (C=O) groups excluding carboxylic acids is 1. The van der Waals surface area contributed by atoms with Crippen LogP contribution in [0.3, 0.4) is 0 Å². The Hall–Kier alpha value is -3.35.